The number of amides is 2. The van der Waals surface area contributed by atoms with E-state index in [0.29, 0.717) is 6.54 Å². The van der Waals surface area contributed by atoms with Crippen LogP contribution in [0.25, 0.3) is 5.69 Å². The van der Waals surface area contributed by atoms with Crippen molar-refractivity contribution in [1.82, 2.24) is 9.88 Å². The van der Waals surface area contributed by atoms with E-state index < -0.39 is 0 Å². The lowest BCUT2D eigenvalue weighted by atomic mass is 10.1. The Kier molecular flexibility index (Phi) is 5.65. The van der Waals surface area contributed by atoms with E-state index in [1.807, 2.05) is 24.3 Å². The summed E-state index contributed by atoms with van der Waals surface area (Å²) in [4.78, 5) is 12.2. The molecular formula is C23H27N3O. The van der Waals surface area contributed by atoms with Gasteiger partial charge in [-0.25, -0.2) is 4.79 Å². The average molecular weight is 361 g/mol. The van der Waals surface area contributed by atoms with Gasteiger partial charge in [0.25, 0.3) is 0 Å². The molecule has 0 bridgehead atoms. The van der Waals surface area contributed by atoms with Gasteiger partial charge < -0.3 is 15.2 Å². The van der Waals surface area contributed by atoms with Crippen LogP contribution < -0.4 is 10.6 Å². The highest BCUT2D eigenvalue weighted by atomic mass is 16.2. The molecule has 4 heteroatoms. The van der Waals surface area contributed by atoms with Crippen LogP contribution in [0.15, 0.2) is 54.6 Å². The second-order valence-corrected chi connectivity index (χ2v) is 6.93. The Morgan fingerprint density at radius 1 is 1.00 bits per heavy atom. The van der Waals surface area contributed by atoms with Crippen molar-refractivity contribution in [2.24, 2.45) is 0 Å². The number of rotatable bonds is 5. The molecule has 140 valence electrons. The summed E-state index contributed by atoms with van der Waals surface area (Å²) in [5.74, 6) is 0. The molecule has 2 aromatic carbocycles. The van der Waals surface area contributed by atoms with E-state index in [1.54, 1.807) is 0 Å². The average Bonchev–Trinajstić information content (AvgIpc) is 2.94. The van der Waals surface area contributed by atoms with Crippen LogP contribution in [-0.4, -0.2) is 10.6 Å². The molecule has 1 heterocycles. The van der Waals surface area contributed by atoms with Crippen molar-refractivity contribution in [3.8, 4) is 5.69 Å². The predicted molar refractivity (Wildman–Crippen MR) is 112 cm³/mol. The molecule has 0 fully saturated rings. The Balaban J connectivity index is 1.67. The number of hydrogen-bond donors (Lipinski definition) is 2. The van der Waals surface area contributed by atoms with Gasteiger partial charge in [-0.15, -0.1) is 0 Å². The van der Waals surface area contributed by atoms with Gasteiger partial charge in [0, 0.05) is 29.3 Å². The summed E-state index contributed by atoms with van der Waals surface area (Å²) in [7, 11) is 0. The minimum atomic E-state index is -0.195. The number of urea groups is 1. The first-order chi connectivity index (χ1) is 13.0. The number of nitrogens with zero attached hydrogens (tertiary/aromatic N) is 1. The second kappa shape index (κ2) is 8.12. The first-order valence-corrected chi connectivity index (χ1v) is 9.36. The van der Waals surface area contributed by atoms with Crippen molar-refractivity contribution in [1.29, 1.82) is 0 Å². The Morgan fingerprint density at radius 2 is 1.74 bits per heavy atom. The third kappa shape index (κ3) is 4.40. The molecule has 0 spiro atoms. The molecule has 3 aromatic rings. The van der Waals surface area contributed by atoms with Crippen LogP contribution in [0.4, 0.5) is 10.5 Å². The van der Waals surface area contributed by atoms with Gasteiger partial charge in [-0.1, -0.05) is 31.2 Å². The summed E-state index contributed by atoms with van der Waals surface area (Å²) in [6.07, 6.45) is 0.989. The van der Waals surface area contributed by atoms with E-state index in [2.05, 4.69) is 73.2 Å². The summed E-state index contributed by atoms with van der Waals surface area (Å²) in [5, 5.41) is 5.84. The summed E-state index contributed by atoms with van der Waals surface area (Å²) >= 11 is 0. The molecule has 4 nitrogen and oxygen atoms in total. The number of carbonyl (C=O) groups excluding carboxylic acids is 1. The highest BCUT2D eigenvalue weighted by molar-refractivity contribution is 5.89. The van der Waals surface area contributed by atoms with E-state index in [-0.39, 0.29) is 6.03 Å². The van der Waals surface area contributed by atoms with E-state index in [4.69, 9.17) is 0 Å². The summed E-state index contributed by atoms with van der Waals surface area (Å²) in [5.41, 5.74) is 7.85. The van der Waals surface area contributed by atoms with Crippen LogP contribution in [-0.2, 0) is 13.0 Å². The minimum absolute atomic E-state index is 0.195. The van der Waals surface area contributed by atoms with Crippen molar-refractivity contribution in [2.75, 3.05) is 5.32 Å². The zero-order valence-electron chi connectivity index (χ0n) is 16.5. The van der Waals surface area contributed by atoms with Crippen molar-refractivity contribution >= 4 is 11.7 Å². The SMILES string of the molecule is CCc1ccc(NC(=O)NCc2cc(C)n(-c3cccc(C)c3)c2C)cc1. The smallest absolute Gasteiger partial charge is 0.319 e. The van der Waals surface area contributed by atoms with Crippen LogP contribution in [0.2, 0.25) is 0 Å². The number of benzene rings is 2. The molecular weight excluding hydrogens is 334 g/mol. The van der Waals surface area contributed by atoms with Gasteiger partial charge >= 0.3 is 6.03 Å². The van der Waals surface area contributed by atoms with Crippen LogP contribution in [0.3, 0.4) is 0 Å². The van der Waals surface area contributed by atoms with Gasteiger partial charge in [0.05, 0.1) is 0 Å². The minimum Gasteiger partial charge on any atom is -0.334 e. The number of aromatic nitrogens is 1. The molecule has 2 N–H and O–H groups in total. The maximum absolute atomic E-state index is 12.2. The van der Waals surface area contributed by atoms with Crippen LogP contribution >= 0.6 is 0 Å². The first kappa shape index (κ1) is 18.8. The molecule has 0 aliphatic rings. The molecule has 3 rings (SSSR count). The largest absolute Gasteiger partial charge is 0.334 e. The molecule has 0 saturated carbocycles. The number of anilines is 1. The highest BCUT2D eigenvalue weighted by Gasteiger charge is 2.12. The van der Waals surface area contributed by atoms with Gasteiger partial charge in [-0.2, -0.15) is 0 Å². The predicted octanol–water partition coefficient (Wildman–Crippen LogP) is 5.29. The first-order valence-electron chi connectivity index (χ1n) is 9.36. The Bertz CT molecular complexity index is 939. The molecule has 27 heavy (non-hydrogen) atoms. The van der Waals surface area contributed by atoms with Gasteiger partial charge in [-0.3, -0.25) is 0 Å². The number of aryl methyl sites for hydroxylation is 3. The third-order valence-corrected chi connectivity index (χ3v) is 4.86. The van der Waals surface area contributed by atoms with Crippen molar-refractivity contribution in [3.05, 3.63) is 82.7 Å². The zero-order valence-corrected chi connectivity index (χ0v) is 16.5. The van der Waals surface area contributed by atoms with Gasteiger partial charge in [0.15, 0.2) is 0 Å². The van der Waals surface area contributed by atoms with Crippen molar-refractivity contribution < 1.29 is 4.79 Å². The second-order valence-electron chi connectivity index (χ2n) is 6.93. The van der Waals surface area contributed by atoms with Crippen molar-refractivity contribution in [3.63, 3.8) is 0 Å². The maximum atomic E-state index is 12.2. The fourth-order valence-corrected chi connectivity index (χ4v) is 3.35. The molecule has 0 unspecified atom stereocenters. The number of hydrogen-bond acceptors (Lipinski definition) is 1. The standard InChI is InChI=1S/C23H27N3O/c1-5-19-9-11-21(12-10-19)25-23(27)24-15-20-14-17(3)26(18(20)4)22-8-6-7-16(2)13-22/h6-14H,5,15H2,1-4H3,(H2,24,25,27). The molecule has 0 atom stereocenters. The fraction of sp³-hybridized carbons (Fsp3) is 0.261. The molecule has 0 aliphatic heterocycles. The number of carbonyl (C=O) groups is 1. The Hall–Kier alpha value is -3.01. The molecule has 2 amide bonds. The topological polar surface area (TPSA) is 46.1 Å². The van der Waals surface area contributed by atoms with Gasteiger partial charge in [0.2, 0.25) is 0 Å². The monoisotopic (exact) mass is 361 g/mol. The molecule has 0 aliphatic carbocycles. The fourth-order valence-electron chi connectivity index (χ4n) is 3.35. The lowest BCUT2D eigenvalue weighted by Gasteiger charge is -2.11. The van der Waals surface area contributed by atoms with Crippen LogP contribution in [0.1, 0.15) is 35.0 Å². The van der Waals surface area contributed by atoms with Gasteiger partial charge in [0.1, 0.15) is 0 Å². The van der Waals surface area contributed by atoms with E-state index in [0.717, 1.165) is 34.7 Å². The van der Waals surface area contributed by atoms with E-state index in [1.165, 1.54) is 11.1 Å². The molecule has 1 aromatic heterocycles. The van der Waals surface area contributed by atoms with E-state index >= 15 is 0 Å². The third-order valence-electron chi connectivity index (χ3n) is 4.86. The molecule has 0 radical (unpaired) electrons. The highest BCUT2D eigenvalue weighted by Crippen LogP contribution is 2.21. The summed E-state index contributed by atoms with van der Waals surface area (Å²) in [6, 6.07) is 18.3. The molecule has 0 saturated heterocycles. The van der Waals surface area contributed by atoms with Crippen LogP contribution in [0.5, 0.6) is 0 Å². The lowest BCUT2D eigenvalue weighted by Crippen LogP contribution is -2.28. The normalized spacial score (nSPS) is 10.7. The summed E-state index contributed by atoms with van der Waals surface area (Å²) < 4.78 is 2.23. The van der Waals surface area contributed by atoms with Crippen LogP contribution in [0, 0.1) is 20.8 Å². The van der Waals surface area contributed by atoms with Crippen molar-refractivity contribution in [2.45, 2.75) is 40.7 Å². The Labute approximate surface area is 161 Å². The quantitative estimate of drug-likeness (QED) is 0.637. The zero-order chi connectivity index (χ0) is 19.4. The Morgan fingerprint density at radius 3 is 2.41 bits per heavy atom. The van der Waals surface area contributed by atoms with E-state index in [9.17, 15) is 4.79 Å². The summed E-state index contributed by atoms with van der Waals surface area (Å²) in [6.45, 7) is 8.88. The van der Waals surface area contributed by atoms with Gasteiger partial charge in [-0.05, 0) is 74.2 Å². The number of nitrogens with one attached hydrogen (secondary N) is 2. The maximum Gasteiger partial charge on any atom is 0.319 e. The lowest BCUT2D eigenvalue weighted by molar-refractivity contribution is 0.251.